The number of halogens is 1. The fraction of sp³-hybridized carbons (Fsp3) is 0.409. The number of nitrogens with zero attached hydrogens (tertiary/aromatic N) is 2. The lowest BCUT2D eigenvalue weighted by atomic mass is 9.85. The third-order valence-corrected chi connectivity index (χ3v) is 5.87. The van der Waals surface area contributed by atoms with Crippen LogP contribution in [0.15, 0.2) is 42.6 Å². The highest BCUT2D eigenvalue weighted by molar-refractivity contribution is 5.96. The van der Waals surface area contributed by atoms with E-state index in [4.69, 9.17) is 0 Å². The number of Topliss-reactive ketones (excluding diaryl/α,β-unsaturated/α-hetero) is 1. The molecule has 0 spiro atoms. The molecular weight excluding hydrogens is 343 g/mol. The molecule has 0 radical (unpaired) electrons. The molecule has 3 atom stereocenters. The van der Waals surface area contributed by atoms with Crippen LogP contribution in [0.2, 0.25) is 0 Å². The molecule has 140 valence electrons. The largest absolute Gasteiger partial charge is 0.337 e. The SMILES string of the molecule is CC(=O)N1[C@@H]2CC[C@H]1CC(CC(=O)c1ccc(-c3cccc(F)c3)nc1)C2. The number of carbonyl (C=O) groups is 2. The first-order chi connectivity index (χ1) is 13.0. The maximum Gasteiger partial charge on any atom is 0.219 e. The lowest BCUT2D eigenvalue weighted by molar-refractivity contribution is -0.133. The summed E-state index contributed by atoms with van der Waals surface area (Å²) in [5, 5.41) is 0. The molecule has 2 saturated heterocycles. The number of piperidine rings is 1. The molecule has 2 aliphatic heterocycles. The van der Waals surface area contributed by atoms with Crippen molar-refractivity contribution in [2.24, 2.45) is 5.92 Å². The predicted octanol–water partition coefficient (Wildman–Crippen LogP) is 4.25. The monoisotopic (exact) mass is 366 g/mol. The third kappa shape index (κ3) is 3.64. The van der Waals surface area contributed by atoms with E-state index in [-0.39, 0.29) is 17.5 Å². The molecule has 0 saturated carbocycles. The molecule has 2 fully saturated rings. The van der Waals surface area contributed by atoms with E-state index in [9.17, 15) is 14.0 Å². The Hall–Kier alpha value is -2.56. The molecule has 3 heterocycles. The number of pyridine rings is 1. The van der Waals surface area contributed by atoms with Crippen molar-refractivity contribution < 1.29 is 14.0 Å². The summed E-state index contributed by atoms with van der Waals surface area (Å²) in [6.07, 6.45) is 6.02. The Kier molecular flexibility index (Phi) is 4.77. The normalized spacial score (nSPS) is 24.1. The third-order valence-electron chi connectivity index (χ3n) is 5.87. The van der Waals surface area contributed by atoms with Crippen LogP contribution in [0.4, 0.5) is 4.39 Å². The molecule has 1 unspecified atom stereocenters. The summed E-state index contributed by atoms with van der Waals surface area (Å²) >= 11 is 0. The number of fused-ring (bicyclic) bond motifs is 2. The lowest BCUT2D eigenvalue weighted by Gasteiger charge is -2.38. The van der Waals surface area contributed by atoms with Crippen molar-refractivity contribution in [3.8, 4) is 11.3 Å². The number of rotatable bonds is 4. The van der Waals surface area contributed by atoms with E-state index in [1.807, 2.05) is 4.90 Å². The maximum absolute atomic E-state index is 13.4. The van der Waals surface area contributed by atoms with Crippen molar-refractivity contribution in [2.45, 2.75) is 51.1 Å². The van der Waals surface area contributed by atoms with Crippen LogP contribution < -0.4 is 0 Å². The quantitative estimate of drug-likeness (QED) is 0.760. The van der Waals surface area contributed by atoms with Gasteiger partial charge in [-0.25, -0.2) is 4.39 Å². The number of amides is 1. The number of benzene rings is 1. The summed E-state index contributed by atoms with van der Waals surface area (Å²) < 4.78 is 13.4. The second kappa shape index (κ2) is 7.22. The van der Waals surface area contributed by atoms with Crippen molar-refractivity contribution in [1.29, 1.82) is 0 Å². The van der Waals surface area contributed by atoms with Crippen molar-refractivity contribution >= 4 is 11.7 Å². The minimum absolute atomic E-state index is 0.0916. The first kappa shape index (κ1) is 17.8. The first-order valence-corrected chi connectivity index (χ1v) is 9.55. The van der Waals surface area contributed by atoms with Gasteiger partial charge >= 0.3 is 0 Å². The molecule has 4 nitrogen and oxygen atoms in total. The first-order valence-electron chi connectivity index (χ1n) is 9.55. The highest BCUT2D eigenvalue weighted by atomic mass is 19.1. The molecule has 0 N–H and O–H groups in total. The number of hydrogen-bond acceptors (Lipinski definition) is 3. The molecular formula is C22H23FN2O2. The Morgan fingerprint density at radius 2 is 1.89 bits per heavy atom. The van der Waals surface area contributed by atoms with Gasteiger partial charge in [0.2, 0.25) is 5.91 Å². The summed E-state index contributed by atoms with van der Waals surface area (Å²) in [6.45, 7) is 1.64. The molecule has 2 bridgehead atoms. The highest BCUT2D eigenvalue weighted by Crippen LogP contribution is 2.40. The molecule has 2 aromatic rings. The zero-order chi connectivity index (χ0) is 19.0. The predicted molar refractivity (Wildman–Crippen MR) is 101 cm³/mol. The smallest absolute Gasteiger partial charge is 0.219 e. The van der Waals surface area contributed by atoms with Gasteiger partial charge in [-0.2, -0.15) is 0 Å². The Balaban J connectivity index is 1.41. The van der Waals surface area contributed by atoms with E-state index < -0.39 is 0 Å². The molecule has 1 aromatic heterocycles. The van der Waals surface area contributed by atoms with Gasteiger partial charge in [-0.3, -0.25) is 14.6 Å². The van der Waals surface area contributed by atoms with Gasteiger partial charge in [-0.15, -0.1) is 0 Å². The Morgan fingerprint density at radius 3 is 2.48 bits per heavy atom. The fourth-order valence-electron chi connectivity index (χ4n) is 4.73. The topological polar surface area (TPSA) is 50.3 Å². The van der Waals surface area contributed by atoms with Crippen LogP contribution in [0, 0.1) is 11.7 Å². The average Bonchev–Trinajstić information content (AvgIpc) is 2.93. The summed E-state index contributed by atoms with van der Waals surface area (Å²) in [7, 11) is 0. The summed E-state index contributed by atoms with van der Waals surface area (Å²) in [5.41, 5.74) is 1.94. The minimum Gasteiger partial charge on any atom is -0.337 e. The van der Waals surface area contributed by atoms with Gasteiger partial charge < -0.3 is 4.90 Å². The summed E-state index contributed by atoms with van der Waals surface area (Å²) in [5.74, 6) is 0.271. The van der Waals surface area contributed by atoms with E-state index in [0.717, 1.165) is 25.7 Å². The van der Waals surface area contributed by atoms with Crippen molar-refractivity contribution in [1.82, 2.24) is 9.88 Å². The second-order valence-electron chi connectivity index (χ2n) is 7.72. The standard InChI is InChI=1S/C22H23FN2O2/c1-14(26)25-19-6-7-20(25)10-15(9-19)11-22(27)17-5-8-21(24-13-17)16-3-2-4-18(23)12-16/h2-5,8,12-13,15,19-20H,6-7,9-11H2,1H3/t15?,19-,20+. The van der Waals surface area contributed by atoms with Crippen LogP contribution >= 0.6 is 0 Å². The summed E-state index contributed by atoms with van der Waals surface area (Å²) in [4.78, 5) is 30.9. The average molecular weight is 366 g/mol. The van der Waals surface area contributed by atoms with Gasteiger partial charge in [0.15, 0.2) is 5.78 Å². The molecule has 1 aromatic carbocycles. The molecule has 27 heavy (non-hydrogen) atoms. The zero-order valence-corrected chi connectivity index (χ0v) is 15.4. The van der Waals surface area contributed by atoms with Gasteiger partial charge in [0.05, 0.1) is 5.69 Å². The van der Waals surface area contributed by atoms with Gasteiger partial charge in [0.25, 0.3) is 0 Å². The number of hydrogen-bond donors (Lipinski definition) is 0. The number of aromatic nitrogens is 1. The molecule has 1 amide bonds. The van der Waals surface area contributed by atoms with Crippen molar-refractivity contribution in [3.63, 3.8) is 0 Å². The lowest BCUT2D eigenvalue weighted by Crippen LogP contribution is -2.45. The van der Waals surface area contributed by atoms with Gasteiger partial charge in [-0.1, -0.05) is 12.1 Å². The van der Waals surface area contributed by atoms with Crippen molar-refractivity contribution in [2.75, 3.05) is 0 Å². The van der Waals surface area contributed by atoms with Crippen molar-refractivity contribution in [3.05, 3.63) is 54.0 Å². The zero-order valence-electron chi connectivity index (χ0n) is 15.4. The Bertz CT molecular complexity index is 851. The van der Waals surface area contributed by atoms with Crippen LogP contribution in [0.5, 0.6) is 0 Å². The van der Waals surface area contributed by atoms with Crippen LogP contribution in [-0.4, -0.2) is 33.7 Å². The van der Waals surface area contributed by atoms with E-state index in [1.54, 1.807) is 37.4 Å². The Morgan fingerprint density at radius 1 is 1.15 bits per heavy atom. The molecule has 2 aliphatic rings. The van der Waals surface area contributed by atoms with Crippen LogP contribution in [0.25, 0.3) is 11.3 Å². The molecule has 4 rings (SSSR count). The van der Waals surface area contributed by atoms with Gasteiger partial charge in [-0.05, 0) is 55.9 Å². The highest BCUT2D eigenvalue weighted by Gasteiger charge is 2.42. The van der Waals surface area contributed by atoms with Gasteiger partial charge in [0.1, 0.15) is 5.82 Å². The summed E-state index contributed by atoms with van der Waals surface area (Å²) in [6, 6.07) is 10.4. The van der Waals surface area contributed by atoms with E-state index in [1.165, 1.54) is 12.1 Å². The number of carbonyl (C=O) groups excluding carboxylic acids is 2. The van der Waals surface area contributed by atoms with E-state index >= 15 is 0 Å². The van der Waals surface area contributed by atoms with Gasteiger partial charge in [0, 0.05) is 42.8 Å². The van der Waals surface area contributed by atoms with E-state index in [2.05, 4.69) is 4.98 Å². The second-order valence-corrected chi connectivity index (χ2v) is 7.72. The fourth-order valence-corrected chi connectivity index (χ4v) is 4.73. The molecule has 0 aliphatic carbocycles. The van der Waals surface area contributed by atoms with Crippen LogP contribution in [0.3, 0.4) is 0 Å². The van der Waals surface area contributed by atoms with E-state index in [0.29, 0.717) is 41.2 Å². The number of ketones is 1. The molecule has 5 heteroatoms. The van der Waals surface area contributed by atoms with Crippen LogP contribution in [0.1, 0.15) is 49.4 Å². The minimum atomic E-state index is -0.305. The Labute approximate surface area is 158 Å². The maximum atomic E-state index is 13.4. The van der Waals surface area contributed by atoms with Crippen LogP contribution in [-0.2, 0) is 4.79 Å².